The highest BCUT2D eigenvalue weighted by atomic mass is 127. The number of benzene rings is 2. The van der Waals surface area contributed by atoms with Gasteiger partial charge in [-0.1, -0.05) is 27.5 Å². The number of aromatic carboxylic acids is 1. The molecule has 0 bridgehead atoms. The first-order chi connectivity index (χ1) is 9.88. The number of carbonyl (C=O) groups excluding carboxylic acids is 1. The maximum Gasteiger partial charge on any atom is 0.337 e. The minimum Gasteiger partial charge on any atom is -0.478 e. The van der Waals surface area contributed by atoms with Gasteiger partial charge in [0.1, 0.15) is 0 Å². The summed E-state index contributed by atoms with van der Waals surface area (Å²) in [4.78, 5) is 23.5. The smallest absolute Gasteiger partial charge is 0.337 e. The van der Waals surface area contributed by atoms with Crippen molar-refractivity contribution in [1.82, 2.24) is 0 Å². The van der Waals surface area contributed by atoms with Crippen molar-refractivity contribution in [2.45, 2.75) is 0 Å². The van der Waals surface area contributed by atoms with Gasteiger partial charge in [-0.15, -0.1) is 0 Å². The summed E-state index contributed by atoms with van der Waals surface area (Å²) in [6, 6.07) is 9.58. The maximum atomic E-state index is 12.3. The van der Waals surface area contributed by atoms with Crippen LogP contribution in [0.25, 0.3) is 0 Å². The molecule has 1 amide bonds. The van der Waals surface area contributed by atoms with Crippen molar-refractivity contribution in [3.05, 3.63) is 60.6 Å². The van der Waals surface area contributed by atoms with E-state index in [4.69, 9.17) is 16.7 Å². The van der Waals surface area contributed by atoms with E-state index in [0.717, 1.165) is 8.04 Å². The van der Waals surface area contributed by atoms with Crippen LogP contribution in [-0.2, 0) is 0 Å². The van der Waals surface area contributed by atoms with Crippen LogP contribution in [0.4, 0.5) is 5.69 Å². The monoisotopic (exact) mass is 479 g/mol. The van der Waals surface area contributed by atoms with Crippen molar-refractivity contribution in [2.75, 3.05) is 5.32 Å². The van der Waals surface area contributed by atoms with Gasteiger partial charge in [-0.2, -0.15) is 0 Å². The molecule has 108 valence electrons. The molecule has 0 aliphatic heterocycles. The largest absolute Gasteiger partial charge is 0.478 e. The number of carboxylic acid groups (broad SMARTS) is 1. The summed E-state index contributed by atoms with van der Waals surface area (Å²) >= 11 is 11.1. The van der Waals surface area contributed by atoms with Crippen molar-refractivity contribution in [1.29, 1.82) is 0 Å². The number of anilines is 1. The number of nitrogens with one attached hydrogen (secondary N) is 1. The average Bonchev–Trinajstić information content (AvgIpc) is 2.43. The minimum atomic E-state index is -1.16. The fraction of sp³-hybridized carbons (Fsp3) is 0. The molecule has 0 heterocycles. The van der Waals surface area contributed by atoms with Crippen LogP contribution in [0, 0.1) is 3.57 Å². The van der Waals surface area contributed by atoms with Gasteiger partial charge in [0.05, 0.1) is 16.8 Å². The Morgan fingerprint density at radius 2 is 1.86 bits per heavy atom. The standard InChI is InChI=1S/C14H8BrClINO3/c15-7-1-3-11(17)9(5-7)13(19)18-12-4-2-8(16)6-10(12)14(20)21/h1-6H,(H,18,19)(H,20,21). The Hall–Kier alpha value is -1.12. The lowest BCUT2D eigenvalue weighted by molar-refractivity contribution is 0.0698. The minimum absolute atomic E-state index is 0.0548. The van der Waals surface area contributed by atoms with Gasteiger partial charge in [0.15, 0.2) is 0 Å². The van der Waals surface area contributed by atoms with E-state index in [-0.39, 0.29) is 17.2 Å². The molecule has 2 aromatic rings. The van der Waals surface area contributed by atoms with E-state index in [1.54, 1.807) is 12.1 Å². The molecule has 7 heteroatoms. The molecule has 0 aliphatic rings. The summed E-state index contributed by atoms with van der Waals surface area (Å²) in [6.07, 6.45) is 0. The van der Waals surface area contributed by atoms with Crippen molar-refractivity contribution >= 4 is 67.7 Å². The third-order valence-corrected chi connectivity index (χ3v) is 4.30. The molecule has 0 saturated carbocycles. The van der Waals surface area contributed by atoms with Gasteiger partial charge in [-0.25, -0.2) is 4.79 Å². The topological polar surface area (TPSA) is 66.4 Å². The number of rotatable bonds is 3. The summed E-state index contributed by atoms with van der Waals surface area (Å²) in [5.41, 5.74) is 0.602. The van der Waals surface area contributed by atoms with E-state index in [2.05, 4.69) is 21.2 Å². The van der Waals surface area contributed by atoms with Gasteiger partial charge in [0.25, 0.3) is 5.91 Å². The third-order valence-electron chi connectivity index (χ3n) is 2.63. The second kappa shape index (κ2) is 6.76. The summed E-state index contributed by atoms with van der Waals surface area (Å²) in [6.45, 7) is 0. The number of carbonyl (C=O) groups is 2. The molecule has 0 unspecified atom stereocenters. The average molecular weight is 480 g/mol. The lowest BCUT2D eigenvalue weighted by Gasteiger charge is -2.10. The SMILES string of the molecule is O=C(Nc1ccc(Cl)cc1C(=O)O)c1cc(Br)ccc1I. The van der Waals surface area contributed by atoms with E-state index >= 15 is 0 Å². The lowest BCUT2D eigenvalue weighted by Crippen LogP contribution is -2.16. The summed E-state index contributed by atoms with van der Waals surface area (Å²) in [7, 11) is 0. The molecule has 21 heavy (non-hydrogen) atoms. The highest BCUT2D eigenvalue weighted by molar-refractivity contribution is 14.1. The number of hydrogen-bond donors (Lipinski definition) is 2. The molecule has 0 aromatic heterocycles. The summed E-state index contributed by atoms with van der Waals surface area (Å²) in [5, 5.41) is 12.0. The molecule has 2 rings (SSSR count). The van der Waals surface area contributed by atoms with Crippen LogP contribution in [0.1, 0.15) is 20.7 Å². The fourth-order valence-corrected chi connectivity index (χ4v) is 2.78. The first-order valence-corrected chi connectivity index (χ1v) is 7.92. The zero-order valence-electron chi connectivity index (χ0n) is 10.4. The lowest BCUT2D eigenvalue weighted by atomic mass is 10.1. The fourth-order valence-electron chi connectivity index (χ4n) is 1.66. The molecule has 4 nitrogen and oxygen atoms in total. The van der Waals surface area contributed by atoms with Crippen molar-refractivity contribution in [3.8, 4) is 0 Å². The molecule has 0 fully saturated rings. The van der Waals surface area contributed by atoms with Crippen LogP contribution in [0.5, 0.6) is 0 Å². The van der Waals surface area contributed by atoms with Crippen LogP contribution in [-0.4, -0.2) is 17.0 Å². The Labute approximate surface area is 147 Å². The van der Waals surface area contributed by atoms with E-state index in [9.17, 15) is 9.59 Å². The number of hydrogen-bond acceptors (Lipinski definition) is 2. The molecule has 0 saturated heterocycles. The van der Waals surface area contributed by atoms with E-state index in [1.165, 1.54) is 18.2 Å². The zero-order valence-corrected chi connectivity index (χ0v) is 14.9. The maximum absolute atomic E-state index is 12.3. The van der Waals surface area contributed by atoms with Crippen molar-refractivity contribution < 1.29 is 14.7 Å². The number of carboxylic acids is 1. The van der Waals surface area contributed by atoms with E-state index < -0.39 is 5.97 Å². The first kappa shape index (κ1) is 16.3. The molecule has 0 radical (unpaired) electrons. The van der Waals surface area contributed by atoms with E-state index in [0.29, 0.717) is 10.6 Å². The van der Waals surface area contributed by atoms with Gasteiger partial charge >= 0.3 is 5.97 Å². The molecule has 0 aliphatic carbocycles. The zero-order chi connectivity index (χ0) is 15.6. The Kier molecular flexibility index (Phi) is 5.23. The highest BCUT2D eigenvalue weighted by Crippen LogP contribution is 2.23. The Morgan fingerprint density at radius 1 is 1.14 bits per heavy atom. The highest BCUT2D eigenvalue weighted by Gasteiger charge is 2.16. The number of amides is 1. The van der Waals surface area contributed by atoms with Gasteiger partial charge in [0.2, 0.25) is 0 Å². The van der Waals surface area contributed by atoms with Gasteiger partial charge < -0.3 is 10.4 Å². The normalized spacial score (nSPS) is 10.2. The van der Waals surface area contributed by atoms with Gasteiger partial charge in [-0.3, -0.25) is 4.79 Å². The molecule has 2 aromatic carbocycles. The third kappa shape index (κ3) is 3.96. The number of halogens is 3. The Morgan fingerprint density at radius 3 is 2.52 bits per heavy atom. The van der Waals surface area contributed by atoms with Crippen LogP contribution in [0.15, 0.2) is 40.9 Å². The summed E-state index contributed by atoms with van der Waals surface area (Å²) < 4.78 is 1.53. The predicted molar refractivity (Wildman–Crippen MR) is 93.2 cm³/mol. The Bertz CT molecular complexity index is 736. The van der Waals surface area contributed by atoms with Crippen LogP contribution in [0.3, 0.4) is 0 Å². The van der Waals surface area contributed by atoms with Gasteiger partial charge in [0, 0.05) is 13.1 Å². The molecular weight excluding hydrogens is 472 g/mol. The quantitative estimate of drug-likeness (QED) is 0.629. The first-order valence-electron chi connectivity index (χ1n) is 5.67. The molecule has 0 spiro atoms. The summed E-state index contributed by atoms with van der Waals surface area (Å²) in [5.74, 6) is -1.54. The second-order valence-electron chi connectivity index (χ2n) is 4.07. The molecule has 2 N–H and O–H groups in total. The van der Waals surface area contributed by atoms with Crippen LogP contribution >= 0.6 is 50.1 Å². The van der Waals surface area contributed by atoms with Crippen molar-refractivity contribution in [3.63, 3.8) is 0 Å². The van der Waals surface area contributed by atoms with Crippen LogP contribution in [0.2, 0.25) is 5.02 Å². The molecule has 0 atom stereocenters. The van der Waals surface area contributed by atoms with E-state index in [1.807, 2.05) is 28.7 Å². The molecular formula is C14H8BrClINO3. The Balaban J connectivity index is 2.36. The van der Waals surface area contributed by atoms with Crippen LogP contribution < -0.4 is 5.32 Å². The second-order valence-corrected chi connectivity index (χ2v) is 6.59. The van der Waals surface area contributed by atoms with Crippen molar-refractivity contribution in [2.24, 2.45) is 0 Å². The van der Waals surface area contributed by atoms with Gasteiger partial charge in [-0.05, 0) is 59.0 Å². The predicted octanol–water partition coefficient (Wildman–Crippen LogP) is 4.66.